The van der Waals surface area contributed by atoms with E-state index in [4.69, 9.17) is 5.11 Å². The van der Waals surface area contributed by atoms with Gasteiger partial charge in [-0.1, -0.05) is 9.59 Å². The first-order valence-corrected chi connectivity index (χ1v) is 5.34. The molecule has 3 N–H and O–H groups in total. The van der Waals surface area contributed by atoms with Gasteiger partial charge < -0.3 is 10.4 Å². The van der Waals surface area contributed by atoms with Crippen molar-refractivity contribution in [3.8, 4) is 0 Å². The molecule has 2 heterocycles. The maximum Gasteiger partial charge on any atom is 0.337 e. The molecule has 18 heavy (non-hydrogen) atoms. The van der Waals surface area contributed by atoms with E-state index >= 15 is 0 Å². The predicted octanol–water partition coefficient (Wildman–Crippen LogP) is 0.670. The van der Waals surface area contributed by atoms with Gasteiger partial charge in [0.05, 0.1) is 17.4 Å². The van der Waals surface area contributed by atoms with Crippen LogP contribution in [0.25, 0.3) is 0 Å². The van der Waals surface area contributed by atoms with E-state index in [2.05, 4.69) is 30.4 Å². The molecule has 0 unspecified atom stereocenters. The fraction of sp³-hybridized carbons (Fsp3) is 0. The van der Waals surface area contributed by atoms with Crippen LogP contribution in [-0.2, 0) is 0 Å². The summed E-state index contributed by atoms with van der Waals surface area (Å²) in [5.74, 6) is -1.13. The zero-order valence-corrected chi connectivity index (χ0v) is 9.51. The Labute approximate surface area is 104 Å². The van der Waals surface area contributed by atoms with Gasteiger partial charge in [0.15, 0.2) is 0 Å². The van der Waals surface area contributed by atoms with Crippen molar-refractivity contribution < 1.29 is 14.7 Å². The van der Waals surface area contributed by atoms with Gasteiger partial charge in [0.2, 0.25) is 5.13 Å². The van der Waals surface area contributed by atoms with Gasteiger partial charge in [-0.2, -0.15) is 0 Å². The Morgan fingerprint density at radius 3 is 2.78 bits per heavy atom. The molecule has 0 spiro atoms. The number of hydrogen-bond acceptors (Lipinski definition) is 7. The molecule has 0 saturated heterocycles. The van der Waals surface area contributed by atoms with E-state index in [0.29, 0.717) is 0 Å². The number of anilines is 2. The summed E-state index contributed by atoms with van der Waals surface area (Å²) in [4.78, 5) is 25.9. The zero-order chi connectivity index (χ0) is 13.0. The van der Waals surface area contributed by atoms with Crippen molar-refractivity contribution in [1.82, 2.24) is 19.8 Å². The van der Waals surface area contributed by atoms with Gasteiger partial charge in [-0.25, -0.2) is 9.59 Å². The van der Waals surface area contributed by atoms with Gasteiger partial charge in [0.25, 0.3) is 0 Å². The highest BCUT2D eigenvalue weighted by Crippen LogP contribution is 2.10. The van der Waals surface area contributed by atoms with Crippen LogP contribution in [0.3, 0.4) is 0 Å². The van der Waals surface area contributed by atoms with Crippen molar-refractivity contribution in [2.75, 3.05) is 10.6 Å². The number of aromatic nitrogens is 4. The third-order valence-electron chi connectivity index (χ3n) is 1.76. The lowest BCUT2D eigenvalue weighted by Gasteiger charge is -2.04. The minimum Gasteiger partial charge on any atom is -0.478 e. The minimum atomic E-state index is -1.13. The first kappa shape index (κ1) is 11.9. The lowest BCUT2D eigenvalue weighted by Crippen LogP contribution is -2.19. The fourth-order valence-electron chi connectivity index (χ4n) is 1.07. The molecular weight excluding hydrogens is 260 g/mol. The number of pyridine rings is 1. The maximum atomic E-state index is 11.5. The second kappa shape index (κ2) is 5.14. The van der Waals surface area contributed by atoms with Crippen molar-refractivity contribution in [2.45, 2.75) is 0 Å². The molecule has 92 valence electrons. The van der Waals surface area contributed by atoms with Crippen LogP contribution in [-0.4, -0.2) is 36.9 Å². The fourth-order valence-corrected chi connectivity index (χ4v) is 1.43. The van der Waals surface area contributed by atoms with E-state index in [9.17, 15) is 9.59 Å². The van der Waals surface area contributed by atoms with E-state index < -0.39 is 12.0 Å². The van der Waals surface area contributed by atoms with Crippen molar-refractivity contribution in [2.24, 2.45) is 0 Å². The van der Waals surface area contributed by atoms with Crippen LogP contribution >= 0.6 is 11.5 Å². The Morgan fingerprint density at radius 1 is 1.28 bits per heavy atom. The number of nitrogens with zero attached hydrogens (tertiary/aromatic N) is 4. The number of rotatable bonds is 3. The monoisotopic (exact) mass is 266 g/mol. The second-order valence-corrected chi connectivity index (χ2v) is 3.75. The van der Waals surface area contributed by atoms with Gasteiger partial charge in [0, 0.05) is 17.7 Å². The number of urea groups is 1. The number of hydrogen-bond donors (Lipinski definition) is 3. The van der Waals surface area contributed by atoms with Gasteiger partial charge in [-0.15, -0.1) is 0 Å². The topological polar surface area (TPSA) is 130 Å². The maximum absolute atomic E-state index is 11.5. The number of carbonyl (C=O) groups is 2. The molecule has 0 aliphatic carbocycles. The van der Waals surface area contributed by atoms with E-state index in [1.54, 1.807) is 0 Å². The Kier molecular flexibility index (Phi) is 3.38. The van der Waals surface area contributed by atoms with Crippen LogP contribution in [0.15, 0.2) is 18.5 Å². The van der Waals surface area contributed by atoms with Gasteiger partial charge in [-0.3, -0.25) is 10.3 Å². The number of carboxylic acids is 1. The minimum absolute atomic E-state index is 0.0228. The van der Waals surface area contributed by atoms with Crippen molar-refractivity contribution in [3.05, 3.63) is 24.0 Å². The average molecular weight is 266 g/mol. The third-order valence-corrected chi connectivity index (χ3v) is 2.27. The van der Waals surface area contributed by atoms with Crippen LogP contribution in [0, 0.1) is 0 Å². The quantitative estimate of drug-likeness (QED) is 0.744. The van der Waals surface area contributed by atoms with E-state index in [0.717, 1.165) is 11.5 Å². The highest BCUT2D eigenvalue weighted by atomic mass is 32.1. The van der Waals surface area contributed by atoms with Crippen LogP contribution in [0.4, 0.5) is 15.6 Å². The van der Waals surface area contributed by atoms with E-state index in [1.165, 1.54) is 18.5 Å². The molecule has 10 heteroatoms. The second-order valence-electron chi connectivity index (χ2n) is 3.01. The molecule has 2 rings (SSSR count). The highest BCUT2D eigenvalue weighted by molar-refractivity contribution is 7.09. The Bertz CT molecular complexity index is 572. The molecule has 2 aromatic rings. The molecule has 9 nitrogen and oxygen atoms in total. The van der Waals surface area contributed by atoms with Crippen LogP contribution in [0.5, 0.6) is 0 Å². The highest BCUT2D eigenvalue weighted by Gasteiger charge is 2.08. The summed E-state index contributed by atoms with van der Waals surface area (Å²) in [6.45, 7) is 0. The van der Waals surface area contributed by atoms with Crippen LogP contribution < -0.4 is 10.6 Å². The normalized spacial score (nSPS) is 9.78. The van der Waals surface area contributed by atoms with Gasteiger partial charge >= 0.3 is 12.0 Å². The van der Waals surface area contributed by atoms with Crippen LogP contribution in [0.2, 0.25) is 0 Å². The largest absolute Gasteiger partial charge is 0.478 e. The summed E-state index contributed by atoms with van der Waals surface area (Å²) in [7, 11) is 0. The molecule has 0 bridgehead atoms. The first-order chi connectivity index (χ1) is 8.65. The molecule has 0 aliphatic heterocycles. The molecule has 0 fully saturated rings. The summed E-state index contributed by atoms with van der Waals surface area (Å²) in [5.41, 5.74) is 0.232. The first-order valence-electron chi connectivity index (χ1n) is 4.56. The molecule has 0 saturated carbocycles. The molecule has 0 radical (unpaired) electrons. The number of aromatic carboxylic acids is 1. The number of amides is 2. The summed E-state index contributed by atoms with van der Waals surface area (Å²) in [6.07, 6.45) is 2.50. The Hall–Kier alpha value is -2.62. The summed E-state index contributed by atoms with van der Waals surface area (Å²) in [6, 6.07) is 0.700. The van der Waals surface area contributed by atoms with E-state index in [1.807, 2.05) is 0 Å². The molecule has 0 aromatic carbocycles. The Balaban J connectivity index is 2.03. The average Bonchev–Trinajstić information content (AvgIpc) is 2.82. The molecule has 0 atom stereocenters. The SMILES string of the molecule is O=C(Nc1cncc(C(=O)O)c1)Nc1nnns1. The number of carboxylic acid groups (broad SMARTS) is 1. The van der Waals surface area contributed by atoms with Gasteiger partial charge in [-0.05, 0) is 11.3 Å². The molecule has 0 aliphatic rings. The van der Waals surface area contributed by atoms with Crippen molar-refractivity contribution in [1.29, 1.82) is 0 Å². The summed E-state index contributed by atoms with van der Waals surface area (Å²) in [5, 5.41) is 20.6. The third kappa shape index (κ3) is 2.95. The van der Waals surface area contributed by atoms with Gasteiger partial charge in [0.1, 0.15) is 0 Å². The smallest absolute Gasteiger partial charge is 0.337 e. The van der Waals surface area contributed by atoms with Crippen molar-refractivity contribution >= 4 is 34.4 Å². The standard InChI is InChI=1S/C8H6N6O3S/c15-6(16)4-1-5(3-9-2-4)10-7(17)11-8-12-13-14-18-8/h1-3H,(H,15,16)(H2,10,11,12,14,17). The van der Waals surface area contributed by atoms with E-state index in [-0.39, 0.29) is 16.4 Å². The molecule has 2 amide bonds. The molecule has 2 aromatic heterocycles. The van der Waals surface area contributed by atoms with Crippen molar-refractivity contribution in [3.63, 3.8) is 0 Å². The number of nitrogens with one attached hydrogen (secondary N) is 2. The summed E-state index contributed by atoms with van der Waals surface area (Å²) >= 11 is 0.916. The number of carbonyl (C=O) groups excluding carboxylic acids is 1. The lowest BCUT2D eigenvalue weighted by molar-refractivity contribution is 0.0696. The lowest BCUT2D eigenvalue weighted by atomic mass is 10.3. The zero-order valence-electron chi connectivity index (χ0n) is 8.69. The predicted molar refractivity (Wildman–Crippen MR) is 61.5 cm³/mol. The Morgan fingerprint density at radius 2 is 2.11 bits per heavy atom. The van der Waals surface area contributed by atoms with Crippen LogP contribution in [0.1, 0.15) is 10.4 Å². The molecular formula is C8H6N6O3S. The summed E-state index contributed by atoms with van der Waals surface area (Å²) < 4.78 is 3.47.